The van der Waals surface area contributed by atoms with E-state index in [-0.39, 0.29) is 17.7 Å². The lowest BCUT2D eigenvalue weighted by Gasteiger charge is -2.13. The van der Waals surface area contributed by atoms with Crippen molar-refractivity contribution >= 4 is 55.5 Å². The maximum absolute atomic E-state index is 12.8. The van der Waals surface area contributed by atoms with Crippen LogP contribution in [0.3, 0.4) is 0 Å². The van der Waals surface area contributed by atoms with Gasteiger partial charge >= 0.3 is 0 Å². The molecule has 0 aliphatic carbocycles. The van der Waals surface area contributed by atoms with Gasteiger partial charge in [-0.05, 0) is 30.2 Å². The Morgan fingerprint density at radius 1 is 1.10 bits per heavy atom. The van der Waals surface area contributed by atoms with E-state index in [0.29, 0.717) is 22.9 Å². The highest BCUT2D eigenvalue weighted by Crippen LogP contribution is 2.30. The van der Waals surface area contributed by atoms with Gasteiger partial charge in [0.1, 0.15) is 5.69 Å². The van der Waals surface area contributed by atoms with Crippen LogP contribution in [0.15, 0.2) is 59.4 Å². The summed E-state index contributed by atoms with van der Waals surface area (Å²) in [4.78, 5) is 33.4. The van der Waals surface area contributed by atoms with E-state index in [1.165, 1.54) is 22.7 Å². The van der Waals surface area contributed by atoms with Gasteiger partial charge < -0.3 is 10.6 Å². The number of carbonyl (C=O) groups is 2. The Morgan fingerprint density at radius 3 is 2.66 bits per heavy atom. The van der Waals surface area contributed by atoms with Gasteiger partial charge in [-0.2, -0.15) is 0 Å². The number of nitrogens with zero attached hydrogens (tertiary/aromatic N) is 2. The SMILES string of the molecule is CC[C@@H](C(=O)Nc1nc2ccc(NC(=O)c3cscn3)cc2s1)c1ccccc1. The third kappa shape index (κ3) is 4.33. The number of rotatable bonds is 6. The van der Waals surface area contributed by atoms with Gasteiger partial charge in [-0.1, -0.05) is 48.6 Å². The first-order valence-electron chi connectivity index (χ1n) is 9.10. The molecule has 0 aliphatic rings. The van der Waals surface area contributed by atoms with Gasteiger partial charge in [-0.25, -0.2) is 9.97 Å². The van der Waals surface area contributed by atoms with E-state index in [2.05, 4.69) is 20.6 Å². The van der Waals surface area contributed by atoms with Crippen LogP contribution in [0.2, 0.25) is 0 Å². The molecular formula is C21H18N4O2S2. The molecule has 8 heteroatoms. The molecule has 2 aromatic carbocycles. The molecule has 6 nitrogen and oxygen atoms in total. The van der Waals surface area contributed by atoms with Crippen molar-refractivity contribution < 1.29 is 9.59 Å². The number of hydrogen-bond acceptors (Lipinski definition) is 6. The van der Waals surface area contributed by atoms with E-state index < -0.39 is 0 Å². The van der Waals surface area contributed by atoms with E-state index in [9.17, 15) is 9.59 Å². The van der Waals surface area contributed by atoms with Gasteiger partial charge in [-0.15, -0.1) is 11.3 Å². The van der Waals surface area contributed by atoms with Crippen LogP contribution >= 0.6 is 22.7 Å². The van der Waals surface area contributed by atoms with E-state index in [0.717, 1.165) is 15.8 Å². The molecule has 0 fully saturated rings. The number of anilines is 2. The molecule has 1 atom stereocenters. The molecule has 29 heavy (non-hydrogen) atoms. The molecule has 2 N–H and O–H groups in total. The summed E-state index contributed by atoms with van der Waals surface area (Å²) in [7, 11) is 0. The molecule has 0 radical (unpaired) electrons. The fourth-order valence-electron chi connectivity index (χ4n) is 3.03. The normalized spacial score (nSPS) is 11.9. The quantitative estimate of drug-likeness (QED) is 0.451. The second kappa shape index (κ2) is 8.50. The smallest absolute Gasteiger partial charge is 0.275 e. The minimum absolute atomic E-state index is 0.0742. The highest BCUT2D eigenvalue weighted by molar-refractivity contribution is 7.22. The van der Waals surface area contributed by atoms with E-state index in [1.54, 1.807) is 17.0 Å². The van der Waals surface area contributed by atoms with Gasteiger partial charge in [-0.3, -0.25) is 9.59 Å². The van der Waals surface area contributed by atoms with Crippen LogP contribution in [0.25, 0.3) is 10.2 Å². The van der Waals surface area contributed by atoms with E-state index in [4.69, 9.17) is 0 Å². The second-order valence-corrected chi connectivity index (χ2v) is 8.14. The number of hydrogen-bond donors (Lipinski definition) is 2. The van der Waals surface area contributed by atoms with E-state index >= 15 is 0 Å². The van der Waals surface area contributed by atoms with Crippen molar-refractivity contribution in [3.63, 3.8) is 0 Å². The lowest BCUT2D eigenvalue weighted by atomic mass is 9.96. The number of amides is 2. The van der Waals surface area contributed by atoms with Crippen LogP contribution in [0.1, 0.15) is 35.3 Å². The first-order chi connectivity index (χ1) is 14.1. The zero-order valence-corrected chi connectivity index (χ0v) is 17.2. The molecule has 2 heterocycles. The number of thiazole rings is 2. The molecule has 0 saturated heterocycles. The molecule has 146 valence electrons. The van der Waals surface area contributed by atoms with Gasteiger partial charge in [0.05, 0.1) is 21.6 Å². The molecule has 2 aromatic heterocycles. The van der Waals surface area contributed by atoms with Gasteiger partial charge in [0.15, 0.2) is 5.13 Å². The first-order valence-corrected chi connectivity index (χ1v) is 10.9. The molecule has 2 amide bonds. The fourth-order valence-corrected chi connectivity index (χ4v) is 4.47. The molecule has 0 bridgehead atoms. The topological polar surface area (TPSA) is 84.0 Å². The number of benzene rings is 2. The number of fused-ring (bicyclic) bond motifs is 1. The monoisotopic (exact) mass is 422 g/mol. The van der Waals surface area contributed by atoms with Crippen LogP contribution in [0, 0.1) is 0 Å². The van der Waals surface area contributed by atoms with Crippen molar-refractivity contribution in [2.75, 3.05) is 10.6 Å². The van der Waals surface area contributed by atoms with Crippen LogP contribution < -0.4 is 10.6 Å². The average molecular weight is 423 g/mol. The summed E-state index contributed by atoms with van der Waals surface area (Å²) in [5, 5.41) is 8.01. The van der Waals surface area contributed by atoms with Gasteiger partial charge in [0, 0.05) is 11.1 Å². The van der Waals surface area contributed by atoms with Crippen LogP contribution in [0.4, 0.5) is 10.8 Å². The zero-order chi connectivity index (χ0) is 20.2. The Bertz CT molecular complexity index is 1140. The molecule has 0 spiro atoms. The minimum atomic E-state index is -0.253. The summed E-state index contributed by atoms with van der Waals surface area (Å²) in [5.41, 5.74) is 4.42. The predicted octanol–water partition coefficient (Wildman–Crippen LogP) is 5.14. The summed E-state index contributed by atoms with van der Waals surface area (Å²) < 4.78 is 0.879. The molecule has 4 rings (SSSR count). The van der Waals surface area contributed by atoms with Crippen molar-refractivity contribution in [3.8, 4) is 0 Å². The molecule has 0 aliphatic heterocycles. The molecule has 0 unspecified atom stereocenters. The highest BCUT2D eigenvalue weighted by Gasteiger charge is 2.20. The average Bonchev–Trinajstić information content (AvgIpc) is 3.38. The first kappa shape index (κ1) is 19.2. The Hall–Kier alpha value is -3.10. The summed E-state index contributed by atoms with van der Waals surface area (Å²) in [5.74, 6) is -0.553. The van der Waals surface area contributed by atoms with Crippen molar-refractivity contribution in [2.45, 2.75) is 19.3 Å². The third-order valence-electron chi connectivity index (χ3n) is 4.47. The van der Waals surface area contributed by atoms with E-state index in [1.807, 2.05) is 49.4 Å². The predicted molar refractivity (Wildman–Crippen MR) is 118 cm³/mol. The summed E-state index contributed by atoms with van der Waals surface area (Å²) in [6.45, 7) is 1.99. The van der Waals surface area contributed by atoms with Crippen molar-refractivity contribution in [1.29, 1.82) is 0 Å². The maximum Gasteiger partial charge on any atom is 0.275 e. The number of aromatic nitrogens is 2. The molecule has 0 saturated carbocycles. The summed E-state index contributed by atoms with van der Waals surface area (Å²) >= 11 is 2.75. The Morgan fingerprint density at radius 2 is 1.93 bits per heavy atom. The van der Waals surface area contributed by atoms with Crippen LogP contribution in [-0.2, 0) is 4.79 Å². The van der Waals surface area contributed by atoms with Crippen molar-refractivity contribution in [2.24, 2.45) is 0 Å². The Kier molecular flexibility index (Phi) is 5.64. The largest absolute Gasteiger partial charge is 0.321 e. The Balaban J connectivity index is 1.50. The standard InChI is InChI=1S/C21H18N4O2S2/c1-2-15(13-6-4-3-5-7-13)19(26)25-21-24-16-9-8-14(10-18(16)29-21)23-20(27)17-11-28-12-22-17/h3-12,15H,2H2,1H3,(H,23,27)(H,24,25,26)/t15-/m1/s1. The second-order valence-electron chi connectivity index (χ2n) is 6.39. The zero-order valence-electron chi connectivity index (χ0n) is 15.6. The summed E-state index contributed by atoms with van der Waals surface area (Å²) in [6, 6.07) is 15.2. The minimum Gasteiger partial charge on any atom is -0.321 e. The Labute approximate surface area is 175 Å². The van der Waals surface area contributed by atoms with Crippen molar-refractivity contribution in [3.05, 3.63) is 70.7 Å². The maximum atomic E-state index is 12.8. The van der Waals surface area contributed by atoms with Crippen LogP contribution in [0.5, 0.6) is 0 Å². The highest BCUT2D eigenvalue weighted by atomic mass is 32.1. The lowest BCUT2D eigenvalue weighted by molar-refractivity contribution is -0.117. The lowest BCUT2D eigenvalue weighted by Crippen LogP contribution is -2.20. The number of carbonyl (C=O) groups excluding carboxylic acids is 2. The van der Waals surface area contributed by atoms with Gasteiger partial charge in [0.2, 0.25) is 5.91 Å². The summed E-state index contributed by atoms with van der Waals surface area (Å²) in [6.07, 6.45) is 0.702. The third-order valence-corrected chi connectivity index (χ3v) is 5.99. The fraction of sp³-hybridized carbons (Fsp3) is 0.143. The number of nitrogens with one attached hydrogen (secondary N) is 2. The van der Waals surface area contributed by atoms with Gasteiger partial charge in [0.25, 0.3) is 5.91 Å². The molecule has 4 aromatic rings. The molecular weight excluding hydrogens is 404 g/mol. The van der Waals surface area contributed by atoms with Crippen LogP contribution in [-0.4, -0.2) is 21.8 Å². The van der Waals surface area contributed by atoms with Crippen molar-refractivity contribution in [1.82, 2.24) is 9.97 Å².